The molecule has 1 amide bonds. The van der Waals surface area contributed by atoms with Gasteiger partial charge in [-0.25, -0.2) is 0 Å². The van der Waals surface area contributed by atoms with Crippen LogP contribution < -0.4 is 5.32 Å². The van der Waals surface area contributed by atoms with E-state index in [0.29, 0.717) is 12.6 Å². The Morgan fingerprint density at radius 2 is 1.96 bits per heavy atom. The minimum atomic E-state index is 0.0447. The Bertz CT molecular complexity index is 514. The Kier molecular flexibility index (Phi) is 5.92. The van der Waals surface area contributed by atoms with E-state index >= 15 is 0 Å². The maximum Gasteiger partial charge on any atom is 0.237 e. The maximum atomic E-state index is 12.5. The van der Waals surface area contributed by atoms with Crippen molar-refractivity contribution in [1.82, 2.24) is 10.2 Å². The van der Waals surface area contributed by atoms with Crippen molar-refractivity contribution >= 4 is 17.5 Å². The molecule has 0 aliphatic carbocycles. The highest BCUT2D eigenvalue weighted by atomic mass is 35.5. The summed E-state index contributed by atoms with van der Waals surface area (Å²) in [4.78, 5) is 14.9. The van der Waals surface area contributed by atoms with Gasteiger partial charge >= 0.3 is 0 Å². The number of carbonyl (C=O) groups is 1. The summed E-state index contributed by atoms with van der Waals surface area (Å²) in [7, 11) is 0. The molecule has 2 aliphatic heterocycles. The molecule has 2 heterocycles. The molecule has 0 bridgehead atoms. The third-order valence-electron chi connectivity index (χ3n) is 4.88. The van der Waals surface area contributed by atoms with Crippen molar-refractivity contribution in [3.8, 4) is 0 Å². The molecule has 1 aromatic carbocycles. The van der Waals surface area contributed by atoms with Gasteiger partial charge in [-0.15, -0.1) is 0 Å². The number of likely N-dealkylation sites (tertiary alicyclic amines) is 1. The van der Waals surface area contributed by atoms with Gasteiger partial charge in [0.25, 0.3) is 0 Å². The van der Waals surface area contributed by atoms with Crippen LogP contribution in [-0.4, -0.2) is 49.2 Å². The van der Waals surface area contributed by atoms with E-state index in [4.69, 9.17) is 16.3 Å². The molecule has 0 radical (unpaired) electrons. The van der Waals surface area contributed by atoms with Gasteiger partial charge in [0.05, 0.1) is 6.04 Å². The van der Waals surface area contributed by atoms with Crippen LogP contribution in [0, 0.1) is 0 Å². The molecule has 2 saturated heterocycles. The summed E-state index contributed by atoms with van der Waals surface area (Å²) >= 11 is 5.89. The molecule has 4 nitrogen and oxygen atoms in total. The van der Waals surface area contributed by atoms with Gasteiger partial charge in [-0.1, -0.05) is 23.7 Å². The zero-order valence-corrected chi connectivity index (χ0v) is 14.2. The van der Waals surface area contributed by atoms with Crippen molar-refractivity contribution in [3.05, 3.63) is 34.9 Å². The molecule has 3 rings (SSSR count). The lowest BCUT2D eigenvalue weighted by Crippen LogP contribution is -2.49. The molecular formula is C18H25ClN2O2. The van der Waals surface area contributed by atoms with E-state index in [9.17, 15) is 4.79 Å². The van der Waals surface area contributed by atoms with Crippen LogP contribution in [0.1, 0.15) is 31.2 Å². The van der Waals surface area contributed by atoms with Gasteiger partial charge in [-0.05, 0) is 56.3 Å². The molecule has 126 valence electrons. The van der Waals surface area contributed by atoms with Gasteiger partial charge in [0.2, 0.25) is 5.91 Å². The Morgan fingerprint density at radius 1 is 1.22 bits per heavy atom. The van der Waals surface area contributed by atoms with E-state index < -0.39 is 0 Å². The van der Waals surface area contributed by atoms with Crippen LogP contribution in [0.25, 0.3) is 0 Å². The smallest absolute Gasteiger partial charge is 0.237 e. The van der Waals surface area contributed by atoms with Crippen LogP contribution in [0.3, 0.4) is 0 Å². The molecule has 0 spiro atoms. The first kappa shape index (κ1) is 16.7. The monoisotopic (exact) mass is 336 g/mol. The second-order valence-corrected chi connectivity index (χ2v) is 6.84. The van der Waals surface area contributed by atoms with E-state index in [1.165, 1.54) is 5.56 Å². The molecule has 0 aromatic heterocycles. The number of halogens is 1. The average molecular weight is 337 g/mol. The molecule has 23 heavy (non-hydrogen) atoms. The summed E-state index contributed by atoms with van der Waals surface area (Å²) < 4.78 is 5.44. The van der Waals surface area contributed by atoms with Crippen molar-refractivity contribution in [2.75, 3.05) is 26.3 Å². The predicted molar refractivity (Wildman–Crippen MR) is 91.7 cm³/mol. The average Bonchev–Trinajstić information content (AvgIpc) is 3.07. The first-order chi connectivity index (χ1) is 11.2. The van der Waals surface area contributed by atoms with Crippen molar-refractivity contribution in [2.45, 2.75) is 44.2 Å². The molecule has 1 atom stereocenters. The number of nitrogens with one attached hydrogen (secondary N) is 1. The molecule has 5 heteroatoms. The number of nitrogens with zero attached hydrogens (tertiary/aromatic N) is 1. The van der Waals surface area contributed by atoms with E-state index in [1.54, 1.807) is 0 Å². The number of hydrogen-bond acceptors (Lipinski definition) is 3. The third kappa shape index (κ3) is 4.46. The Morgan fingerprint density at radius 3 is 2.70 bits per heavy atom. The van der Waals surface area contributed by atoms with Crippen molar-refractivity contribution < 1.29 is 9.53 Å². The van der Waals surface area contributed by atoms with Crippen LogP contribution in [-0.2, 0) is 16.0 Å². The summed E-state index contributed by atoms with van der Waals surface area (Å²) in [6.45, 7) is 3.37. The van der Waals surface area contributed by atoms with E-state index in [1.807, 2.05) is 24.3 Å². The second kappa shape index (κ2) is 8.13. The number of amides is 1. The van der Waals surface area contributed by atoms with Crippen LogP contribution >= 0.6 is 11.6 Å². The number of benzene rings is 1. The summed E-state index contributed by atoms with van der Waals surface area (Å²) in [5, 5.41) is 3.86. The van der Waals surface area contributed by atoms with Gasteiger partial charge in [0, 0.05) is 30.8 Å². The first-order valence-electron chi connectivity index (χ1n) is 8.59. The lowest BCUT2D eigenvalue weighted by atomic mass is 10.1. The summed E-state index contributed by atoms with van der Waals surface area (Å²) in [5.41, 5.74) is 1.20. The maximum absolute atomic E-state index is 12.5. The Balaban J connectivity index is 1.47. The van der Waals surface area contributed by atoms with E-state index in [2.05, 4.69) is 10.2 Å². The number of rotatable bonds is 5. The fraction of sp³-hybridized carbons (Fsp3) is 0.611. The van der Waals surface area contributed by atoms with Gasteiger partial charge in [-0.3, -0.25) is 9.69 Å². The first-order valence-corrected chi connectivity index (χ1v) is 8.97. The quantitative estimate of drug-likeness (QED) is 0.898. The lowest BCUT2D eigenvalue weighted by Gasteiger charge is -2.34. The highest BCUT2D eigenvalue weighted by Crippen LogP contribution is 2.25. The Labute approximate surface area is 143 Å². The minimum Gasteiger partial charge on any atom is -0.381 e. The van der Waals surface area contributed by atoms with Crippen molar-refractivity contribution in [2.24, 2.45) is 0 Å². The molecule has 1 N–H and O–H groups in total. The SMILES string of the molecule is O=C(NCCc1ccc(Cl)cc1)[C@@H]1CCCN1C1CCOCC1. The predicted octanol–water partition coefficient (Wildman–Crippen LogP) is 2.64. The molecule has 1 aromatic rings. The molecule has 2 aliphatic rings. The zero-order chi connectivity index (χ0) is 16.1. The topological polar surface area (TPSA) is 41.6 Å². The number of carbonyl (C=O) groups excluding carboxylic acids is 1. The van der Waals surface area contributed by atoms with Crippen molar-refractivity contribution in [1.29, 1.82) is 0 Å². The van der Waals surface area contributed by atoms with Crippen LogP contribution in [0.15, 0.2) is 24.3 Å². The standard InChI is InChI=1S/C18H25ClN2O2/c19-15-5-3-14(4-6-15)7-10-20-18(22)17-2-1-11-21(17)16-8-12-23-13-9-16/h3-6,16-17H,1-2,7-13H2,(H,20,22)/t17-/m0/s1. The molecule has 2 fully saturated rings. The largest absolute Gasteiger partial charge is 0.381 e. The van der Waals surface area contributed by atoms with Gasteiger partial charge in [0.15, 0.2) is 0 Å². The Hall–Kier alpha value is -1.10. The van der Waals surface area contributed by atoms with Gasteiger partial charge in [-0.2, -0.15) is 0 Å². The number of ether oxygens (including phenoxy) is 1. The van der Waals surface area contributed by atoms with Crippen LogP contribution in [0.5, 0.6) is 0 Å². The summed E-state index contributed by atoms with van der Waals surface area (Å²) in [6, 6.07) is 8.36. The van der Waals surface area contributed by atoms with E-state index in [0.717, 1.165) is 56.9 Å². The second-order valence-electron chi connectivity index (χ2n) is 6.41. The normalized spacial score (nSPS) is 23.1. The molecule has 0 unspecified atom stereocenters. The fourth-order valence-corrected chi connectivity index (χ4v) is 3.75. The lowest BCUT2D eigenvalue weighted by molar-refractivity contribution is -0.126. The van der Waals surface area contributed by atoms with E-state index in [-0.39, 0.29) is 11.9 Å². The minimum absolute atomic E-state index is 0.0447. The van der Waals surface area contributed by atoms with Gasteiger partial charge in [0.1, 0.15) is 0 Å². The number of hydrogen-bond donors (Lipinski definition) is 1. The highest BCUT2D eigenvalue weighted by Gasteiger charge is 2.35. The highest BCUT2D eigenvalue weighted by molar-refractivity contribution is 6.30. The molecule has 0 saturated carbocycles. The van der Waals surface area contributed by atoms with Crippen LogP contribution in [0.2, 0.25) is 5.02 Å². The van der Waals surface area contributed by atoms with Gasteiger partial charge < -0.3 is 10.1 Å². The summed E-state index contributed by atoms with van der Waals surface area (Å²) in [6.07, 6.45) is 5.03. The zero-order valence-electron chi connectivity index (χ0n) is 13.5. The molecular weight excluding hydrogens is 312 g/mol. The van der Waals surface area contributed by atoms with Crippen LogP contribution in [0.4, 0.5) is 0 Å². The third-order valence-corrected chi connectivity index (χ3v) is 5.13. The summed E-state index contributed by atoms with van der Waals surface area (Å²) in [5.74, 6) is 0.183. The van der Waals surface area contributed by atoms with Crippen molar-refractivity contribution in [3.63, 3.8) is 0 Å². The fourth-order valence-electron chi connectivity index (χ4n) is 3.62.